The molecule has 122 valence electrons. The first-order chi connectivity index (χ1) is 10.6. The molecule has 2 nitrogen and oxygen atoms in total. The number of hydrogen-bond donors (Lipinski definition) is 0. The lowest BCUT2D eigenvalue weighted by Gasteiger charge is -2.28. The SMILES string of the molecule is CCCC1CCC(c2ccc(C(=O)OC(F)CF)cc2)CC1. The molecule has 0 bridgehead atoms. The molecule has 0 N–H and O–H groups in total. The van der Waals surface area contributed by atoms with E-state index in [0.717, 1.165) is 5.92 Å². The van der Waals surface area contributed by atoms with Crippen molar-refractivity contribution in [2.75, 3.05) is 6.67 Å². The Kier molecular flexibility index (Phi) is 6.34. The van der Waals surface area contributed by atoms with Gasteiger partial charge in [-0.15, -0.1) is 0 Å². The Labute approximate surface area is 130 Å². The van der Waals surface area contributed by atoms with Crippen molar-refractivity contribution in [1.82, 2.24) is 0 Å². The number of ether oxygens (including phenoxy) is 1. The topological polar surface area (TPSA) is 26.3 Å². The molecule has 1 fully saturated rings. The molecule has 1 aromatic rings. The first-order valence-corrected chi connectivity index (χ1v) is 8.15. The summed E-state index contributed by atoms with van der Waals surface area (Å²) >= 11 is 0. The van der Waals surface area contributed by atoms with Gasteiger partial charge in [0.1, 0.15) is 0 Å². The fourth-order valence-electron chi connectivity index (χ4n) is 3.30. The van der Waals surface area contributed by atoms with Crippen LogP contribution in [0, 0.1) is 5.92 Å². The van der Waals surface area contributed by atoms with E-state index in [1.165, 1.54) is 44.1 Å². The first-order valence-electron chi connectivity index (χ1n) is 8.15. The van der Waals surface area contributed by atoms with Gasteiger partial charge in [0.25, 0.3) is 6.36 Å². The van der Waals surface area contributed by atoms with Crippen LogP contribution in [0.25, 0.3) is 0 Å². The van der Waals surface area contributed by atoms with E-state index in [-0.39, 0.29) is 5.56 Å². The molecule has 0 heterocycles. The molecule has 1 aliphatic rings. The quantitative estimate of drug-likeness (QED) is 0.676. The summed E-state index contributed by atoms with van der Waals surface area (Å²) in [7, 11) is 0. The Hall–Kier alpha value is -1.45. The predicted molar refractivity (Wildman–Crippen MR) is 82.3 cm³/mol. The second-order valence-corrected chi connectivity index (χ2v) is 6.10. The molecule has 4 heteroatoms. The maximum atomic E-state index is 12.7. The van der Waals surface area contributed by atoms with Crippen LogP contribution in [0.15, 0.2) is 24.3 Å². The second kappa shape index (κ2) is 8.25. The molecule has 1 unspecified atom stereocenters. The molecule has 0 aromatic heterocycles. The van der Waals surface area contributed by atoms with Crippen molar-refractivity contribution < 1.29 is 18.3 Å². The molecule has 1 saturated carbocycles. The molecule has 1 atom stereocenters. The minimum atomic E-state index is -2.18. The Morgan fingerprint density at radius 2 is 1.86 bits per heavy atom. The summed E-state index contributed by atoms with van der Waals surface area (Å²) in [5, 5.41) is 0. The number of hydrogen-bond acceptors (Lipinski definition) is 2. The van der Waals surface area contributed by atoms with Crippen LogP contribution in [-0.2, 0) is 4.74 Å². The number of carbonyl (C=O) groups excluding carboxylic acids is 1. The van der Waals surface area contributed by atoms with E-state index >= 15 is 0 Å². The van der Waals surface area contributed by atoms with Gasteiger partial charge in [-0.1, -0.05) is 31.9 Å². The molecule has 0 aliphatic heterocycles. The average molecular weight is 310 g/mol. The number of alkyl halides is 2. The maximum absolute atomic E-state index is 12.7. The van der Waals surface area contributed by atoms with E-state index in [2.05, 4.69) is 11.7 Å². The molecular weight excluding hydrogens is 286 g/mol. The lowest BCUT2D eigenvalue weighted by Crippen LogP contribution is -2.16. The smallest absolute Gasteiger partial charge is 0.340 e. The molecule has 0 amide bonds. The Morgan fingerprint density at radius 3 is 2.41 bits per heavy atom. The van der Waals surface area contributed by atoms with E-state index in [1.54, 1.807) is 12.1 Å². The molecule has 22 heavy (non-hydrogen) atoms. The average Bonchev–Trinajstić information content (AvgIpc) is 2.56. The van der Waals surface area contributed by atoms with Gasteiger partial charge in [-0.25, -0.2) is 9.18 Å². The van der Waals surface area contributed by atoms with E-state index < -0.39 is 19.0 Å². The van der Waals surface area contributed by atoms with Gasteiger partial charge in [0, 0.05) is 0 Å². The summed E-state index contributed by atoms with van der Waals surface area (Å²) in [4.78, 5) is 11.6. The van der Waals surface area contributed by atoms with Crippen LogP contribution in [0.2, 0.25) is 0 Å². The zero-order chi connectivity index (χ0) is 15.9. The van der Waals surface area contributed by atoms with Crippen LogP contribution in [0.3, 0.4) is 0 Å². The first kappa shape index (κ1) is 16.9. The number of benzene rings is 1. The third-order valence-electron chi connectivity index (χ3n) is 4.52. The van der Waals surface area contributed by atoms with Crippen LogP contribution in [0.1, 0.15) is 67.3 Å². The van der Waals surface area contributed by atoms with E-state index in [1.807, 2.05) is 12.1 Å². The van der Waals surface area contributed by atoms with Gasteiger partial charge in [0.2, 0.25) is 0 Å². The largest absolute Gasteiger partial charge is 0.425 e. The fourth-order valence-corrected chi connectivity index (χ4v) is 3.30. The number of rotatable bonds is 6. The van der Waals surface area contributed by atoms with Crippen LogP contribution in [0.4, 0.5) is 8.78 Å². The minimum absolute atomic E-state index is 0.263. The van der Waals surface area contributed by atoms with Gasteiger partial charge in [-0.2, -0.15) is 4.39 Å². The molecular formula is C18H24F2O2. The van der Waals surface area contributed by atoms with Crippen LogP contribution >= 0.6 is 0 Å². The molecule has 0 saturated heterocycles. The highest BCUT2D eigenvalue weighted by atomic mass is 19.2. The summed E-state index contributed by atoms with van der Waals surface area (Å²) < 4.78 is 29.1. The zero-order valence-electron chi connectivity index (χ0n) is 13.1. The normalized spacial score (nSPS) is 23.0. The van der Waals surface area contributed by atoms with E-state index in [0.29, 0.717) is 5.92 Å². The summed E-state index contributed by atoms with van der Waals surface area (Å²) in [6.45, 7) is 0.916. The van der Waals surface area contributed by atoms with Crippen molar-refractivity contribution in [3.05, 3.63) is 35.4 Å². The van der Waals surface area contributed by atoms with Gasteiger partial charge in [-0.3, -0.25) is 0 Å². The number of carbonyl (C=O) groups is 1. The van der Waals surface area contributed by atoms with Crippen molar-refractivity contribution in [3.8, 4) is 0 Å². The monoisotopic (exact) mass is 310 g/mol. The second-order valence-electron chi connectivity index (χ2n) is 6.10. The van der Waals surface area contributed by atoms with E-state index in [9.17, 15) is 13.6 Å². The van der Waals surface area contributed by atoms with Crippen molar-refractivity contribution in [1.29, 1.82) is 0 Å². The Morgan fingerprint density at radius 1 is 1.23 bits per heavy atom. The van der Waals surface area contributed by atoms with Gasteiger partial charge < -0.3 is 4.74 Å². The predicted octanol–water partition coefficient (Wildman–Crippen LogP) is 5.18. The lowest BCUT2D eigenvalue weighted by atomic mass is 9.77. The summed E-state index contributed by atoms with van der Waals surface area (Å²) in [6, 6.07) is 7.09. The van der Waals surface area contributed by atoms with Crippen molar-refractivity contribution in [3.63, 3.8) is 0 Å². The van der Waals surface area contributed by atoms with Gasteiger partial charge >= 0.3 is 5.97 Å². The van der Waals surface area contributed by atoms with Crippen LogP contribution in [-0.4, -0.2) is 19.0 Å². The summed E-state index contributed by atoms with van der Waals surface area (Å²) in [6.07, 6.45) is 5.29. The third kappa shape index (κ3) is 4.52. The zero-order valence-corrected chi connectivity index (χ0v) is 13.1. The summed E-state index contributed by atoms with van der Waals surface area (Å²) in [5.41, 5.74) is 1.48. The molecule has 1 aromatic carbocycles. The third-order valence-corrected chi connectivity index (χ3v) is 4.52. The maximum Gasteiger partial charge on any atom is 0.340 e. The number of esters is 1. The Bertz CT molecular complexity index is 464. The van der Waals surface area contributed by atoms with Gasteiger partial charge in [-0.05, 0) is 55.2 Å². The van der Waals surface area contributed by atoms with Crippen LogP contribution in [0.5, 0.6) is 0 Å². The molecule has 1 aliphatic carbocycles. The van der Waals surface area contributed by atoms with Gasteiger partial charge in [0.05, 0.1) is 5.56 Å². The highest BCUT2D eigenvalue weighted by Crippen LogP contribution is 2.37. The standard InChI is InChI=1S/C18H24F2O2/c1-2-3-13-4-6-14(7-5-13)15-8-10-16(11-9-15)18(21)22-17(20)12-19/h8-11,13-14,17H,2-7,12H2,1H3. The van der Waals surface area contributed by atoms with Gasteiger partial charge in [0.15, 0.2) is 6.67 Å². The highest BCUT2D eigenvalue weighted by Gasteiger charge is 2.22. The molecule has 2 rings (SSSR count). The Balaban J connectivity index is 1.91. The van der Waals surface area contributed by atoms with Crippen molar-refractivity contribution >= 4 is 5.97 Å². The van der Waals surface area contributed by atoms with Crippen molar-refractivity contribution in [2.24, 2.45) is 5.92 Å². The lowest BCUT2D eigenvalue weighted by molar-refractivity contribution is -0.0254. The van der Waals surface area contributed by atoms with Crippen LogP contribution < -0.4 is 0 Å². The molecule has 0 spiro atoms. The van der Waals surface area contributed by atoms with Crippen molar-refractivity contribution in [2.45, 2.75) is 57.7 Å². The highest BCUT2D eigenvalue weighted by molar-refractivity contribution is 5.89. The fraction of sp³-hybridized carbons (Fsp3) is 0.611. The van der Waals surface area contributed by atoms with E-state index in [4.69, 9.17) is 0 Å². The number of halogens is 2. The molecule has 0 radical (unpaired) electrons. The summed E-state index contributed by atoms with van der Waals surface area (Å²) in [5.74, 6) is 0.582. The minimum Gasteiger partial charge on any atom is -0.425 e.